The second-order valence-electron chi connectivity index (χ2n) is 8.81. The van der Waals surface area contributed by atoms with Crippen LogP contribution in [0.15, 0.2) is 24.4 Å². The van der Waals surface area contributed by atoms with Crippen LogP contribution in [-0.2, 0) is 7.05 Å². The van der Waals surface area contributed by atoms with E-state index in [-0.39, 0.29) is 11.2 Å². The number of aromatic hydroxyl groups is 1. The largest absolute Gasteiger partial charge is 0.507 e. The van der Waals surface area contributed by atoms with E-state index in [1.807, 2.05) is 25.4 Å². The van der Waals surface area contributed by atoms with Gasteiger partial charge in [-0.1, -0.05) is 42.9 Å². The average Bonchev–Trinajstić information content (AvgIpc) is 3.02. The average molecular weight is 375 g/mol. The molecule has 0 aliphatic heterocycles. The molecule has 0 unspecified atom stereocenters. The van der Waals surface area contributed by atoms with Crippen LogP contribution >= 0.6 is 0 Å². The van der Waals surface area contributed by atoms with Crippen molar-refractivity contribution in [3.05, 3.63) is 35.5 Å². The van der Waals surface area contributed by atoms with Gasteiger partial charge in [0.05, 0.1) is 5.56 Å². The highest BCUT2D eigenvalue weighted by Crippen LogP contribution is 2.31. The van der Waals surface area contributed by atoms with Crippen LogP contribution in [0.25, 0.3) is 11.3 Å². The highest BCUT2D eigenvalue weighted by molar-refractivity contribution is 5.74. The quantitative estimate of drug-likeness (QED) is 0.704. The smallest absolute Gasteiger partial charge is 0.125 e. The lowest BCUT2D eigenvalue weighted by Crippen LogP contribution is -2.04. The molecular formula is C25H30N2O. The van der Waals surface area contributed by atoms with Gasteiger partial charge in [0.25, 0.3) is 0 Å². The number of hydrogen-bond donors (Lipinski definition) is 1. The summed E-state index contributed by atoms with van der Waals surface area (Å²) in [6.45, 7) is 6.24. The summed E-state index contributed by atoms with van der Waals surface area (Å²) in [5.74, 6) is 14.1. The molecular weight excluding hydrogens is 344 g/mol. The molecule has 1 fully saturated rings. The highest BCUT2D eigenvalue weighted by atomic mass is 16.3. The van der Waals surface area contributed by atoms with Crippen molar-refractivity contribution >= 4 is 0 Å². The Morgan fingerprint density at radius 3 is 2.61 bits per heavy atom. The van der Waals surface area contributed by atoms with Crippen molar-refractivity contribution in [2.75, 3.05) is 0 Å². The van der Waals surface area contributed by atoms with Gasteiger partial charge < -0.3 is 5.11 Å². The normalized spacial score (nSPS) is 14.7. The van der Waals surface area contributed by atoms with Crippen molar-refractivity contribution in [3.8, 4) is 40.7 Å². The van der Waals surface area contributed by atoms with Gasteiger partial charge in [-0.3, -0.25) is 4.68 Å². The number of benzene rings is 1. The Hall–Kier alpha value is -2.65. The predicted molar refractivity (Wildman–Crippen MR) is 115 cm³/mol. The lowest BCUT2D eigenvalue weighted by molar-refractivity contribution is 0.365. The van der Waals surface area contributed by atoms with E-state index in [0.717, 1.165) is 23.5 Å². The molecule has 1 heterocycles. The van der Waals surface area contributed by atoms with Crippen molar-refractivity contribution in [3.63, 3.8) is 0 Å². The van der Waals surface area contributed by atoms with Gasteiger partial charge in [0.2, 0.25) is 0 Å². The molecule has 3 nitrogen and oxygen atoms in total. The minimum absolute atomic E-state index is 0.0956. The fraction of sp³-hybridized carbons (Fsp3) is 0.480. The molecule has 0 amide bonds. The van der Waals surface area contributed by atoms with Crippen molar-refractivity contribution in [2.24, 2.45) is 18.4 Å². The van der Waals surface area contributed by atoms with Crippen molar-refractivity contribution in [2.45, 2.75) is 59.3 Å². The van der Waals surface area contributed by atoms with Gasteiger partial charge in [-0.25, -0.2) is 0 Å². The van der Waals surface area contributed by atoms with Gasteiger partial charge in [0.1, 0.15) is 11.4 Å². The first-order valence-electron chi connectivity index (χ1n) is 10.2. The van der Waals surface area contributed by atoms with E-state index >= 15 is 0 Å². The first kappa shape index (κ1) is 20.1. The number of phenolic OH excluding ortho intramolecular Hbond substituents is 1. The maximum Gasteiger partial charge on any atom is 0.125 e. The molecule has 1 N–H and O–H groups in total. The van der Waals surface area contributed by atoms with Crippen LogP contribution in [0.1, 0.15) is 70.4 Å². The Labute approximate surface area is 169 Å². The first-order valence-corrected chi connectivity index (χ1v) is 10.2. The summed E-state index contributed by atoms with van der Waals surface area (Å²) >= 11 is 0. The van der Waals surface area contributed by atoms with Crippen molar-refractivity contribution in [1.82, 2.24) is 9.78 Å². The third-order valence-electron chi connectivity index (χ3n) is 5.00. The van der Waals surface area contributed by atoms with Gasteiger partial charge >= 0.3 is 0 Å². The van der Waals surface area contributed by atoms with E-state index in [2.05, 4.69) is 49.6 Å². The summed E-state index contributed by atoms with van der Waals surface area (Å²) in [7, 11) is 1.87. The number of phenols is 1. The van der Waals surface area contributed by atoms with Crippen LogP contribution < -0.4 is 0 Å². The van der Waals surface area contributed by atoms with Gasteiger partial charge in [-0.15, -0.1) is 0 Å². The monoisotopic (exact) mass is 374 g/mol. The summed E-state index contributed by atoms with van der Waals surface area (Å²) in [6, 6.07) is 5.50. The number of rotatable bonds is 2. The van der Waals surface area contributed by atoms with Crippen molar-refractivity contribution in [1.29, 1.82) is 0 Å². The van der Waals surface area contributed by atoms with E-state index in [0.29, 0.717) is 11.3 Å². The Bertz CT molecular complexity index is 948. The fourth-order valence-corrected chi connectivity index (χ4v) is 3.53. The maximum atomic E-state index is 10.4. The third kappa shape index (κ3) is 5.43. The van der Waals surface area contributed by atoms with Gasteiger partial charge in [0.15, 0.2) is 0 Å². The highest BCUT2D eigenvalue weighted by Gasteiger charge is 2.15. The number of hydrogen-bond acceptors (Lipinski definition) is 2. The topological polar surface area (TPSA) is 38.0 Å². The Kier molecular flexibility index (Phi) is 6.15. The number of nitrogens with zero attached hydrogens (tertiary/aromatic N) is 2. The van der Waals surface area contributed by atoms with Crippen LogP contribution in [0, 0.1) is 35.0 Å². The molecule has 0 spiro atoms. The molecule has 146 valence electrons. The molecule has 0 atom stereocenters. The van der Waals surface area contributed by atoms with E-state index in [1.54, 1.807) is 10.7 Å². The summed E-state index contributed by atoms with van der Waals surface area (Å²) < 4.78 is 1.74. The summed E-state index contributed by atoms with van der Waals surface area (Å²) in [6.07, 6.45) is 9.52. The van der Waals surface area contributed by atoms with Gasteiger partial charge in [-0.05, 0) is 57.7 Å². The fourth-order valence-electron chi connectivity index (χ4n) is 3.53. The molecule has 1 saturated carbocycles. The molecule has 1 aromatic heterocycles. The molecule has 0 saturated heterocycles. The molecule has 2 aromatic rings. The van der Waals surface area contributed by atoms with E-state index in [9.17, 15) is 5.11 Å². The standard InChI is InChI=1S/C25H30N2O/c1-25(2,3)16-15-21-18-27(4)26-24(21)22-17-20(13-14-23(22)28)12-8-11-19-9-6-5-7-10-19/h13-14,17-19,28H,5-7,9-11H2,1-4H3. The Balaban J connectivity index is 1.87. The van der Waals surface area contributed by atoms with Gasteiger partial charge in [-0.2, -0.15) is 5.10 Å². The molecule has 3 heteroatoms. The van der Waals surface area contributed by atoms with Crippen molar-refractivity contribution < 1.29 is 5.11 Å². The molecule has 3 rings (SSSR count). The second-order valence-corrected chi connectivity index (χ2v) is 8.81. The predicted octanol–water partition coefficient (Wildman–Crippen LogP) is 5.51. The second kappa shape index (κ2) is 8.57. The molecule has 0 radical (unpaired) electrons. The Morgan fingerprint density at radius 2 is 1.89 bits per heavy atom. The Morgan fingerprint density at radius 1 is 1.14 bits per heavy atom. The minimum Gasteiger partial charge on any atom is -0.507 e. The zero-order valence-corrected chi connectivity index (χ0v) is 17.5. The molecule has 1 aliphatic rings. The lowest BCUT2D eigenvalue weighted by atomic mass is 9.87. The van der Waals surface area contributed by atoms with Gasteiger partial charge in [0, 0.05) is 36.2 Å². The lowest BCUT2D eigenvalue weighted by Gasteiger charge is -2.18. The van der Waals surface area contributed by atoms with E-state index in [1.165, 1.54) is 32.1 Å². The summed E-state index contributed by atoms with van der Waals surface area (Å²) in [4.78, 5) is 0. The minimum atomic E-state index is -0.0956. The molecule has 0 bridgehead atoms. The summed E-state index contributed by atoms with van der Waals surface area (Å²) in [5.41, 5.74) is 3.02. The maximum absolute atomic E-state index is 10.4. The SMILES string of the molecule is Cn1cc(C#CC(C)(C)C)c(-c2cc(C#CCC3CCCCC3)ccc2O)n1. The van der Waals surface area contributed by atoms with Crippen LogP contribution in [0.3, 0.4) is 0 Å². The molecule has 28 heavy (non-hydrogen) atoms. The van der Waals surface area contributed by atoms with Crippen LogP contribution in [-0.4, -0.2) is 14.9 Å². The number of aromatic nitrogens is 2. The third-order valence-corrected chi connectivity index (χ3v) is 5.00. The zero-order valence-electron chi connectivity index (χ0n) is 17.5. The van der Waals surface area contributed by atoms with Crippen LogP contribution in [0.5, 0.6) is 5.75 Å². The molecule has 1 aromatic carbocycles. The van der Waals surface area contributed by atoms with Crippen LogP contribution in [0.4, 0.5) is 0 Å². The van der Waals surface area contributed by atoms with E-state index in [4.69, 9.17) is 0 Å². The summed E-state index contributed by atoms with van der Waals surface area (Å²) in [5, 5.41) is 15.0. The molecule has 1 aliphatic carbocycles. The zero-order chi connectivity index (χ0) is 20.1. The van der Waals surface area contributed by atoms with Crippen LogP contribution in [0.2, 0.25) is 0 Å². The number of aryl methyl sites for hydroxylation is 1. The first-order chi connectivity index (χ1) is 13.3. The van der Waals surface area contributed by atoms with E-state index < -0.39 is 0 Å².